The lowest BCUT2D eigenvalue weighted by Gasteiger charge is -1.99. The van der Waals surface area contributed by atoms with Crippen molar-refractivity contribution in [2.45, 2.75) is 13.5 Å². The van der Waals surface area contributed by atoms with Gasteiger partial charge in [-0.1, -0.05) is 23.2 Å². The molecule has 0 bridgehead atoms. The van der Waals surface area contributed by atoms with E-state index in [-0.39, 0.29) is 0 Å². The van der Waals surface area contributed by atoms with E-state index in [1.54, 1.807) is 11.3 Å². The molecule has 0 aliphatic carbocycles. The highest BCUT2D eigenvalue weighted by Gasteiger charge is 1.96. The van der Waals surface area contributed by atoms with Crippen molar-refractivity contribution >= 4 is 34.5 Å². The molecule has 1 heterocycles. The topological polar surface area (TPSA) is 12.0 Å². The fourth-order valence-corrected chi connectivity index (χ4v) is 1.96. The van der Waals surface area contributed by atoms with E-state index >= 15 is 0 Å². The Hall–Kier alpha value is -0.0200. The third-order valence-corrected chi connectivity index (χ3v) is 3.13. The van der Waals surface area contributed by atoms with E-state index in [0.717, 1.165) is 6.54 Å². The zero-order valence-electron chi connectivity index (χ0n) is 7.31. The van der Waals surface area contributed by atoms with E-state index < -0.39 is 0 Å². The van der Waals surface area contributed by atoms with Gasteiger partial charge >= 0.3 is 0 Å². The van der Waals surface area contributed by atoms with Crippen LogP contribution in [-0.2, 0) is 6.54 Å². The lowest BCUT2D eigenvalue weighted by Crippen LogP contribution is -2.13. The van der Waals surface area contributed by atoms with Crippen LogP contribution in [0.4, 0.5) is 0 Å². The highest BCUT2D eigenvalue weighted by Crippen LogP contribution is 2.14. The Kier molecular flexibility index (Phi) is 4.81. The number of halogens is 2. The molecule has 1 N–H and O–H groups in total. The van der Waals surface area contributed by atoms with E-state index in [4.69, 9.17) is 23.2 Å². The van der Waals surface area contributed by atoms with Crippen LogP contribution in [0, 0.1) is 6.92 Å². The summed E-state index contributed by atoms with van der Waals surface area (Å²) < 4.78 is 0. The fourth-order valence-electron chi connectivity index (χ4n) is 0.924. The second-order valence-corrected chi connectivity index (χ2v) is 4.75. The molecule has 0 unspecified atom stereocenters. The molecule has 13 heavy (non-hydrogen) atoms. The van der Waals surface area contributed by atoms with Crippen LogP contribution in [0.2, 0.25) is 0 Å². The third kappa shape index (κ3) is 4.14. The standard InChI is InChI=1S/C9H11Cl2NS/c1-7-2-3-9(13-7)6-12-5-8(11)4-10/h2-4,12H,5-6H2,1H3. The van der Waals surface area contributed by atoms with E-state index in [2.05, 4.69) is 24.4 Å². The van der Waals surface area contributed by atoms with Crippen molar-refractivity contribution in [3.63, 3.8) is 0 Å². The SMILES string of the molecule is Cc1ccc(CNCC(Cl)=CCl)s1. The molecule has 0 spiro atoms. The van der Waals surface area contributed by atoms with Gasteiger partial charge < -0.3 is 5.32 Å². The highest BCUT2D eigenvalue weighted by atomic mass is 35.5. The van der Waals surface area contributed by atoms with Crippen LogP contribution in [0.1, 0.15) is 9.75 Å². The average Bonchev–Trinajstić information content (AvgIpc) is 2.51. The van der Waals surface area contributed by atoms with Gasteiger partial charge in [0.15, 0.2) is 0 Å². The van der Waals surface area contributed by atoms with Crippen molar-refractivity contribution in [2.75, 3.05) is 6.54 Å². The number of aryl methyl sites for hydroxylation is 1. The Bertz CT molecular complexity index is 294. The molecule has 0 radical (unpaired) electrons. The first kappa shape index (κ1) is 11.1. The zero-order valence-corrected chi connectivity index (χ0v) is 9.64. The molecule has 1 aromatic rings. The van der Waals surface area contributed by atoms with Crippen LogP contribution in [0.5, 0.6) is 0 Å². The van der Waals surface area contributed by atoms with Crippen LogP contribution >= 0.6 is 34.5 Å². The first-order valence-corrected chi connectivity index (χ1v) is 5.56. The summed E-state index contributed by atoms with van der Waals surface area (Å²) in [5.74, 6) is 0. The molecule has 4 heteroatoms. The molecule has 0 aliphatic rings. The summed E-state index contributed by atoms with van der Waals surface area (Å²) >= 11 is 12.9. The van der Waals surface area contributed by atoms with Gasteiger partial charge in [0.2, 0.25) is 0 Å². The van der Waals surface area contributed by atoms with Crippen molar-refractivity contribution < 1.29 is 0 Å². The van der Waals surface area contributed by atoms with Gasteiger partial charge in [-0.05, 0) is 19.1 Å². The van der Waals surface area contributed by atoms with Crippen LogP contribution in [0.3, 0.4) is 0 Å². The molecule has 72 valence electrons. The minimum Gasteiger partial charge on any atom is -0.307 e. The van der Waals surface area contributed by atoms with Crippen molar-refractivity contribution in [1.82, 2.24) is 5.32 Å². The van der Waals surface area contributed by atoms with Gasteiger partial charge in [-0.2, -0.15) is 0 Å². The molecule has 0 atom stereocenters. The van der Waals surface area contributed by atoms with Crippen molar-refractivity contribution in [3.05, 3.63) is 32.5 Å². The minimum atomic E-state index is 0.627. The van der Waals surface area contributed by atoms with Crippen LogP contribution in [0.15, 0.2) is 22.7 Å². The largest absolute Gasteiger partial charge is 0.307 e. The number of nitrogens with one attached hydrogen (secondary N) is 1. The summed E-state index contributed by atoms with van der Waals surface area (Å²) in [5, 5.41) is 3.83. The molecule has 0 aromatic carbocycles. The monoisotopic (exact) mass is 235 g/mol. The molecule has 0 amide bonds. The summed E-state index contributed by atoms with van der Waals surface area (Å²) in [5.41, 5.74) is 1.38. The van der Waals surface area contributed by atoms with Gasteiger partial charge in [0.1, 0.15) is 0 Å². The molecule has 0 fully saturated rings. The summed E-state index contributed by atoms with van der Waals surface area (Å²) in [6.45, 7) is 3.57. The number of rotatable bonds is 4. The van der Waals surface area contributed by atoms with Gasteiger partial charge in [0.05, 0.1) is 0 Å². The number of thiophene rings is 1. The van der Waals surface area contributed by atoms with Gasteiger partial charge in [-0.25, -0.2) is 0 Å². The first-order valence-electron chi connectivity index (χ1n) is 3.93. The lowest BCUT2D eigenvalue weighted by molar-refractivity contribution is 0.764. The molecule has 1 aromatic heterocycles. The van der Waals surface area contributed by atoms with E-state index in [1.807, 2.05) is 0 Å². The molecular weight excluding hydrogens is 225 g/mol. The summed E-state index contributed by atoms with van der Waals surface area (Å²) in [6.07, 6.45) is 0. The van der Waals surface area contributed by atoms with Crippen molar-refractivity contribution in [3.8, 4) is 0 Å². The number of hydrogen-bond acceptors (Lipinski definition) is 2. The van der Waals surface area contributed by atoms with Crippen LogP contribution in [0.25, 0.3) is 0 Å². The van der Waals surface area contributed by atoms with Gasteiger partial charge in [0.25, 0.3) is 0 Å². The van der Waals surface area contributed by atoms with E-state index in [1.165, 1.54) is 15.3 Å². The van der Waals surface area contributed by atoms with Gasteiger partial charge in [0, 0.05) is 33.4 Å². The normalized spacial score (nSPS) is 12.1. The van der Waals surface area contributed by atoms with Crippen LogP contribution in [-0.4, -0.2) is 6.54 Å². The maximum Gasteiger partial charge on any atom is 0.0432 e. The Balaban J connectivity index is 2.28. The molecule has 0 aliphatic heterocycles. The first-order chi connectivity index (χ1) is 6.22. The Morgan fingerprint density at radius 1 is 1.62 bits per heavy atom. The maximum absolute atomic E-state index is 5.71. The quantitative estimate of drug-likeness (QED) is 0.844. The minimum absolute atomic E-state index is 0.627. The second kappa shape index (κ2) is 5.66. The lowest BCUT2D eigenvalue weighted by atomic mass is 10.4. The molecule has 1 nitrogen and oxygen atoms in total. The molecular formula is C9H11Cl2NS. The molecule has 0 saturated carbocycles. The summed E-state index contributed by atoms with van der Waals surface area (Å²) in [7, 11) is 0. The van der Waals surface area contributed by atoms with Crippen LogP contribution < -0.4 is 5.32 Å². The summed E-state index contributed by atoms with van der Waals surface area (Å²) in [6, 6.07) is 4.23. The third-order valence-electron chi connectivity index (χ3n) is 1.51. The molecule has 1 rings (SSSR count). The highest BCUT2D eigenvalue weighted by molar-refractivity contribution is 7.11. The Labute approximate surface area is 92.4 Å². The Morgan fingerprint density at radius 3 is 2.92 bits per heavy atom. The van der Waals surface area contributed by atoms with Gasteiger partial charge in [-0.15, -0.1) is 11.3 Å². The second-order valence-electron chi connectivity index (χ2n) is 2.67. The zero-order chi connectivity index (χ0) is 9.68. The summed E-state index contributed by atoms with van der Waals surface area (Å²) in [4.78, 5) is 2.65. The van der Waals surface area contributed by atoms with Crippen molar-refractivity contribution in [1.29, 1.82) is 0 Å². The predicted molar refractivity (Wildman–Crippen MR) is 60.6 cm³/mol. The fraction of sp³-hybridized carbons (Fsp3) is 0.333. The van der Waals surface area contributed by atoms with Crippen molar-refractivity contribution in [2.24, 2.45) is 0 Å². The van der Waals surface area contributed by atoms with E-state index in [0.29, 0.717) is 11.6 Å². The smallest absolute Gasteiger partial charge is 0.0432 e. The number of hydrogen-bond donors (Lipinski definition) is 1. The molecule has 0 saturated heterocycles. The van der Waals surface area contributed by atoms with E-state index in [9.17, 15) is 0 Å². The Morgan fingerprint density at radius 2 is 2.38 bits per heavy atom. The maximum atomic E-state index is 5.71. The van der Waals surface area contributed by atoms with Gasteiger partial charge in [-0.3, -0.25) is 0 Å². The predicted octanol–water partition coefficient (Wildman–Crippen LogP) is 3.47. The average molecular weight is 236 g/mol.